The van der Waals surface area contributed by atoms with E-state index in [1.165, 1.54) is 25.3 Å². The maximum absolute atomic E-state index is 11.7. The normalized spacial score (nSPS) is 43.2. The molecule has 0 amide bonds. The van der Waals surface area contributed by atoms with Crippen molar-refractivity contribution in [3.05, 3.63) is 12.7 Å². The largest absolute Gasteiger partial charge is 0.456 e. The van der Waals surface area contributed by atoms with Crippen molar-refractivity contribution in [3.63, 3.8) is 0 Å². The zero-order valence-corrected chi connectivity index (χ0v) is 13.2. The molecule has 4 bridgehead atoms. The first-order valence-corrected chi connectivity index (χ1v) is 9.45. The van der Waals surface area contributed by atoms with E-state index in [0.717, 1.165) is 36.2 Å². The standard InChI is InChI=1S/C15H22O2S2/c1-3-13(16)17-14-5-11-4-12(6-14)8-15(7-11,9-14)19-10-18-2/h3,11-12H,1,4-10H2,2H3. The molecular weight excluding hydrogens is 276 g/mol. The van der Waals surface area contributed by atoms with Crippen LogP contribution in [-0.2, 0) is 9.53 Å². The van der Waals surface area contributed by atoms with E-state index < -0.39 is 0 Å². The molecule has 0 spiro atoms. The van der Waals surface area contributed by atoms with Crippen LogP contribution in [0.2, 0.25) is 0 Å². The summed E-state index contributed by atoms with van der Waals surface area (Å²) in [6.45, 7) is 3.54. The maximum atomic E-state index is 11.7. The summed E-state index contributed by atoms with van der Waals surface area (Å²) in [5, 5.41) is 1.16. The zero-order chi connectivity index (χ0) is 13.5. The molecule has 4 aliphatic carbocycles. The van der Waals surface area contributed by atoms with Crippen molar-refractivity contribution in [2.45, 2.75) is 48.9 Å². The quantitative estimate of drug-likeness (QED) is 0.437. The Bertz CT molecular complexity index is 380. The van der Waals surface area contributed by atoms with Gasteiger partial charge in [-0.25, -0.2) is 4.79 Å². The van der Waals surface area contributed by atoms with Gasteiger partial charge in [0.2, 0.25) is 0 Å². The molecule has 4 rings (SSSR count). The van der Waals surface area contributed by atoms with Gasteiger partial charge in [-0.2, -0.15) is 11.8 Å². The first kappa shape index (κ1) is 13.9. The van der Waals surface area contributed by atoms with Crippen molar-refractivity contribution in [2.24, 2.45) is 11.8 Å². The summed E-state index contributed by atoms with van der Waals surface area (Å²) in [5.41, 5.74) is -0.166. The Hall–Kier alpha value is -0.0900. The van der Waals surface area contributed by atoms with Gasteiger partial charge < -0.3 is 4.74 Å². The zero-order valence-electron chi connectivity index (χ0n) is 11.5. The van der Waals surface area contributed by atoms with E-state index in [0.29, 0.717) is 4.75 Å². The second-order valence-electron chi connectivity index (χ2n) is 6.50. The smallest absolute Gasteiger partial charge is 0.330 e. The summed E-state index contributed by atoms with van der Waals surface area (Å²) in [4.78, 5) is 11.7. The van der Waals surface area contributed by atoms with Crippen LogP contribution in [0.1, 0.15) is 38.5 Å². The van der Waals surface area contributed by atoms with Crippen LogP contribution in [0.25, 0.3) is 0 Å². The van der Waals surface area contributed by atoms with E-state index in [9.17, 15) is 4.79 Å². The van der Waals surface area contributed by atoms with Crippen molar-refractivity contribution < 1.29 is 9.53 Å². The topological polar surface area (TPSA) is 26.3 Å². The van der Waals surface area contributed by atoms with Gasteiger partial charge in [0.1, 0.15) is 5.60 Å². The van der Waals surface area contributed by atoms with Crippen molar-refractivity contribution in [1.82, 2.24) is 0 Å². The number of rotatable bonds is 5. The minimum absolute atomic E-state index is 0.166. The van der Waals surface area contributed by atoms with E-state index in [4.69, 9.17) is 4.74 Å². The molecule has 2 unspecified atom stereocenters. The van der Waals surface area contributed by atoms with Gasteiger partial charge in [-0.1, -0.05) is 6.58 Å². The van der Waals surface area contributed by atoms with Crippen LogP contribution in [-0.4, -0.2) is 27.7 Å². The number of ether oxygens (including phenoxy) is 1. The highest BCUT2D eigenvalue weighted by molar-refractivity contribution is 8.16. The van der Waals surface area contributed by atoms with Crippen molar-refractivity contribution >= 4 is 29.5 Å². The van der Waals surface area contributed by atoms with Gasteiger partial charge >= 0.3 is 5.97 Å². The first-order chi connectivity index (χ1) is 9.09. The molecule has 106 valence electrons. The van der Waals surface area contributed by atoms with Gasteiger partial charge in [-0.05, 0) is 50.2 Å². The van der Waals surface area contributed by atoms with Gasteiger partial charge in [-0.15, -0.1) is 11.8 Å². The van der Waals surface area contributed by atoms with Crippen LogP contribution in [0.5, 0.6) is 0 Å². The lowest BCUT2D eigenvalue weighted by molar-refractivity contribution is -0.177. The van der Waals surface area contributed by atoms with E-state index in [1.54, 1.807) is 0 Å². The van der Waals surface area contributed by atoms with E-state index in [2.05, 4.69) is 24.6 Å². The van der Waals surface area contributed by atoms with Crippen molar-refractivity contribution in [1.29, 1.82) is 0 Å². The molecule has 0 radical (unpaired) electrons. The van der Waals surface area contributed by atoms with Crippen molar-refractivity contribution in [2.75, 3.05) is 11.3 Å². The predicted octanol–water partition coefficient (Wildman–Crippen LogP) is 3.86. The summed E-state index contributed by atoms with van der Waals surface area (Å²) < 4.78 is 6.21. The molecule has 0 aliphatic heterocycles. The van der Waals surface area contributed by atoms with Gasteiger partial charge in [0.25, 0.3) is 0 Å². The molecule has 2 nitrogen and oxygen atoms in total. The van der Waals surface area contributed by atoms with Crippen LogP contribution in [0.15, 0.2) is 12.7 Å². The fourth-order valence-electron chi connectivity index (χ4n) is 4.82. The monoisotopic (exact) mass is 298 g/mol. The summed E-state index contributed by atoms with van der Waals surface area (Å²) >= 11 is 4.02. The fourth-order valence-corrected chi connectivity index (χ4v) is 7.37. The van der Waals surface area contributed by atoms with E-state index in [-0.39, 0.29) is 11.6 Å². The van der Waals surface area contributed by atoms with Crippen molar-refractivity contribution in [3.8, 4) is 0 Å². The summed E-state index contributed by atoms with van der Waals surface area (Å²) in [5.74, 6) is 1.31. The Balaban J connectivity index is 1.80. The van der Waals surface area contributed by atoms with Gasteiger partial charge in [0.15, 0.2) is 0 Å². The number of thioether (sulfide) groups is 2. The Labute approximate surface area is 124 Å². The third kappa shape index (κ3) is 2.58. The third-order valence-electron chi connectivity index (χ3n) is 4.92. The van der Waals surface area contributed by atoms with Gasteiger partial charge in [0.05, 0.1) is 0 Å². The number of carbonyl (C=O) groups excluding carboxylic acids is 1. The Morgan fingerprint density at radius 3 is 2.63 bits per heavy atom. The number of hydrogen-bond donors (Lipinski definition) is 0. The van der Waals surface area contributed by atoms with Gasteiger partial charge in [-0.3, -0.25) is 0 Å². The summed E-state index contributed by atoms with van der Waals surface area (Å²) in [7, 11) is 0. The maximum Gasteiger partial charge on any atom is 0.330 e. The minimum atomic E-state index is -0.230. The Kier molecular flexibility index (Phi) is 3.67. The second-order valence-corrected chi connectivity index (χ2v) is 9.18. The van der Waals surface area contributed by atoms with Crippen LogP contribution in [0.4, 0.5) is 0 Å². The molecule has 4 fully saturated rings. The molecule has 0 aromatic heterocycles. The molecule has 4 aliphatic rings. The average Bonchev–Trinajstić information content (AvgIpc) is 2.34. The lowest BCUT2D eigenvalue weighted by atomic mass is 9.53. The SMILES string of the molecule is C=CC(=O)OC12CC3CC(C1)CC(SCSC)(C3)C2. The highest BCUT2D eigenvalue weighted by atomic mass is 32.2. The fraction of sp³-hybridized carbons (Fsp3) is 0.800. The number of esters is 1. The molecule has 0 saturated heterocycles. The molecule has 19 heavy (non-hydrogen) atoms. The second kappa shape index (κ2) is 5.03. The molecule has 0 N–H and O–H groups in total. The van der Waals surface area contributed by atoms with E-state index in [1.807, 2.05) is 11.8 Å². The van der Waals surface area contributed by atoms with Gasteiger partial charge in [0, 0.05) is 22.3 Å². The van der Waals surface area contributed by atoms with E-state index >= 15 is 0 Å². The lowest BCUT2D eigenvalue weighted by Gasteiger charge is -2.60. The Morgan fingerprint density at radius 2 is 2.05 bits per heavy atom. The molecule has 0 heterocycles. The average molecular weight is 298 g/mol. The highest BCUT2D eigenvalue weighted by Crippen LogP contribution is 2.63. The van der Waals surface area contributed by atoms with Crippen LogP contribution in [0, 0.1) is 11.8 Å². The van der Waals surface area contributed by atoms with Crippen LogP contribution in [0.3, 0.4) is 0 Å². The Morgan fingerprint density at radius 1 is 1.37 bits per heavy atom. The predicted molar refractivity (Wildman–Crippen MR) is 82.4 cm³/mol. The molecule has 0 aromatic carbocycles. The van der Waals surface area contributed by atoms with Crippen LogP contribution >= 0.6 is 23.5 Å². The molecule has 4 heteroatoms. The van der Waals surface area contributed by atoms with Crippen LogP contribution < -0.4 is 0 Å². The molecule has 0 aromatic rings. The number of hydrogen-bond acceptors (Lipinski definition) is 4. The highest BCUT2D eigenvalue weighted by Gasteiger charge is 2.59. The molecule has 2 atom stereocenters. The molecular formula is C15H22O2S2. The third-order valence-corrected chi connectivity index (χ3v) is 7.42. The summed E-state index contributed by atoms with van der Waals surface area (Å²) in [6, 6.07) is 0. The molecule has 4 saturated carbocycles. The minimum Gasteiger partial charge on any atom is -0.456 e. The lowest BCUT2D eigenvalue weighted by Crippen LogP contribution is -2.59. The number of carbonyl (C=O) groups is 1. The summed E-state index contributed by atoms with van der Waals surface area (Å²) in [6.07, 6.45) is 10.8. The first-order valence-electron chi connectivity index (χ1n) is 7.07.